The maximum atomic E-state index is 12.1. The Morgan fingerprint density at radius 2 is 2.05 bits per heavy atom. The van der Waals surface area contributed by atoms with Gasteiger partial charge in [0.1, 0.15) is 5.60 Å². The lowest BCUT2D eigenvalue weighted by molar-refractivity contribution is 0.0224. The van der Waals surface area contributed by atoms with Gasteiger partial charge in [-0.05, 0) is 50.3 Å². The molecule has 0 aliphatic carbocycles. The highest BCUT2D eigenvalue weighted by molar-refractivity contribution is 5.68. The summed E-state index contributed by atoms with van der Waals surface area (Å²) in [4.78, 5) is 13.9. The second-order valence-corrected chi connectivity index (χ2v) is 6.50. The molecule has 0 unspecified atom stereocenters. The third-order valence-corrected chi connectivity index (χ3v) is 3.47. The van der Waals surface area contributed by atoms with Crippen LogP contribution in [0.1, 0.15) is 50.8 Å². The fraction of sp³-hybridized carbons (Fsp3) is 0.588. The number of carbonyl (C=O) groups is 1. The summed E-state index contributed by atoms with van der Waals surface area (Å²) in [5.74, 6) is 0. The number of fused-ring (bicyclic) bond motifs is 1. The summed E-state index contributed by atoms with van der Waals surface area (Å²) in [6, 6.07) is 6.64. The van der Waals surface area contributed by atoms with E-state index in [4.69, 9.17) is 4.74 Å². The molecule has 1 heterocycles. The van der Waals surface area contributed by atoms with E-state index >= 15 is 0 Å². The van der Waals surface area contributed by atoms with Crippen LogP contribution in [0.3, 0.4) is 0 Å². The maximum Gasteiger partial charge on any atom is 0.410 e. The number of nitrogens with zero attached hydrogens (tertiary/aromatic N) is 1. The Kier molecular flexibility index (Phi) is 4.36. The Labute approximate surface area is 121 Å². The number of carbonyl (C=O) groups excluding carboxylic acids is 1. The van der Waals surface area contributed by atoms with Crippen molar-refractivity contribution in [2.45, 2.75) is 59.1 Å². The summed E-state index contributed by atoms with van der Waals surface area (Å²) >= 11 is 0. The standard InChI is InChI=1S/C17H25NO2/c1-5-6-13-7-8-15-12-18(10-9-14(15)11-13)16(19)20-17(2,3)4/h7-8,11H,5-6,9-10,12H2,1-4H3. The van der Waals surface area contributed by atoms with E-state index in [0.29, 0.717) is 6.54 Å². The van der Waals surface area contributed by atoms with Crippen molar-refractivity contribution in [3.05, 3.63) is 34.9 Å². The normalized spacial score (nSPS) is 14.9. The van der Waals surface area contributed by atoms with Gasteiger partial charge in [0.2, 0.25) is 0 Å². The van der Waals surface area contributed by atoms with Gasteiger partial charge < -0.3 is 9.64 Å². The van der Waals surface area contributed by atoms with Crippen molar-refractivity contribution in [3.8, 4) is 0 Å². The topological polar surface area (TPSA) is 29.5 Å². The van der Waals surface area contributed by atoms with Crippen LogP contribution in [0.25, 0.3) is 0 Å². The van der Waals surface area contributed by atoms with Crippen molar-refractivity contribution >= 4 is 6.09 Å². The summed E-state index contributed by atoms with van der Waals surface area (Å²) in [6.45, 7) is 9.32. The lowest BCUT2D eigenvalue weighted by Gasteiger charge is -2.31. The third kappa shape index (κ3) is 3.75. The Hall–Kier alpha value is -1.51. The molecule has 0 spiro atoms. The monoisotopic (exact) mass is 275 g/mol. The molecule has 0 saturated heterocycles. The molecule has 0 saturated carbocycles. The average molecular weight is 275 g/mol. The number of hydrogen-bond donors (Lipinski definition) is 0. The van der Waals surface area contributed by atoms with Crippen LogP contribution in [0, 0.1) is 0 Å². The fourth-order valence-electron chi connectivity index (χ4n) is 2.53. The minimum Gasteiger partial charge on any atom is -0.444 e. The molecule has 0 atom stereocenters. The molecule has 110 valence electrons. The highest BCUT2D eigenvalue weighted by Gasteiger charge is 2.25. The summed E-state index contributed by atoms with van der Waals surface area (Å²) in [7, 11) is 0. The van der Waals surface area contributed by atoms with E-state index in [2.05, 4.69) is 25.1 Å². The average Bonchev–Trinajstić information content (AvgIpc) is 2.36. The van der Waals surface area contributed by atoms with Crippen molar-refractivity contribution in [1.29, 1.82) is 0 Å². The van der Waals surface area contributed by atoms with Crippen LogP contribution in [-0.4, -0.2) is 23.1 Å². The van der Waals surface area contributed by atoms with Gasteiger partial charge in [-0.3, -0.25) is 0 Å². The van der Waals surface area contributed by atoms with E-state index in [1.165, 1.54) is 23.1 Å². The molecule has 1 amide bonds. The molecule has 1 aliphatic heterocycles. The second kappa shape index (κ2) is 5.86. The van der Waals surface area contributed by atoms with Gasteiger partial charge in [-0.1, -0.05) is 31.5 Å². The first-order valence-electron chi connectivity index (χ1n) is 7.47. The number of rotatable bonds is 2. The summed E-state index contributed by atoms with van der Waals surface area (Å²) in [6.07, 6.45) is 3.01. The first-order valence-corrected chi connectivity index (χ1v) is 7.47. The SMILES string of the molecule is CCCc1ccc2c(c1)CCN(C(=O)OC(C)(C)C)C2. The van der Waals surface area contributed by atoms with Crippen molar-refractivity contribution < 1.29 is 9.53 Å². The van der Waals surface area contributed by atoms with Gasteiger partial charge in [0.15, 0.2) is 0 Å². The van der Waals surface area contributed by atoms with Crippen molar-refractivity contribution in [1.82, 2.24) is 4.90 Å². The molecule has 1 aromatic carbocycles. The van der Waals surface area contributed by atoms with E-state index in [1.807, 2.05) is 20.8 Å². The Balaban J connectivity index is 2.06. The molecule has 3 nitrogen and oxygen atoms in total. The molecule has 2 rings (SSSR count). The Bertz CT molecular complexity index is 488. The molecule has 0 aromatic heterocycles. The molecule has 0 fully saturated rings. The zero-order chi connectivity index (χ0) is 14.8. The van der Waals surface area contributed by atoms with Gasteiger partial charge in [-0.15, -0.1) is 0 Å². The summed E-state index contributed by atoms with van der Waals surface area (Å²) in [5.41, 5.74) is 3.61. The van der Waals surface area contributed by atoms with Gasteiger partial charge in [0.25, 0.3) is 0 Å². The van der Waals surface area contributed by atoms with E-state index < -0.39 is 5.60 Å². The van der Waals surface area contributed by atoms with Crippen LogP contribution < -0.4 is 0 Å². The lowest BCUT2D eigenvalue weighted by atomic mass is 9.96. The van der Waals surface area contributed by atoms with Crippen LogP contribution in [0.2, 0.25) is 0 Å². The molecule has 1 aliphatic rings. The van der Waals surface area contributed by atoms with Crippen molar-refractivity contribution in [3.63, 3.8) is 0 Å². The predicted octanol–water partition coefficient (Wildman–Crippen LogP) is 3.93. The molecule has 0 N–H and O–H groups in total. The van der Waals surface area contributed by atoms with E-state index in [9.17, 15) is 4.79 Å². The molecular formula is C17H25NO2. The van der Waals surface area contributed by atoms with Crippen LogP contribution in [-0.2, 0) is 24.1 Å². The molecule has 20 heavy (non-hydrogen) atoms. The number of ether oxygens (including phenoxy) is 1. The quantitative estimate of drug-likeness (QED) is 0.818. The van der Waals surface area contributed by atoms with Crippen molar-refractivity contribution in [2.24, 2.45) is 0 Å². The van der Waals surface area contributed by atoms with Gasteiger partial charge in [-0.2, -0.15) is 0 Å². The molecule has 1 aromatic rings. The third-order valence-electron chi connectivity index (χ3n) is 3.47. The number of benzene rings is 1. The smallest absolute Gasteiger partial charge is 0.410 e. The zero-order valence-corrected chi connectivity index (χ0v) is 13.0. The van der Waals surface area contributed by atoms with Crippen LogP contribution in [0.4, 0.5) is 4.79 Å². The maximum absolute atomic E-state index is 12.1. The first kappa shape index (κ1) is 14.9. The van der Waals surface area contributed by atoms with E-state index in [-0.39, 0.29) is 6.09 Å². The van der Waals surface area contributed by atoms with E-state index in [0.717, 1.165) is 19.4 Å². The van der Waals surface area contributed by atoms with Crippen LogP contribution >= 0.6 is 0 Å². The summed E-state index contributed by atoms with van der Waals surface area (Å²) < 4.78 is 5.44. The summed E-state index contributed by atoms with van der Waals surface area (Å²) in [5, 5.41) is 0. The van der Waals surface area contributed by atoms with Crippen LogP contribution in [0.5, 0.6) is 0 Å². The minimum absolute atomic E-state index is 0.208. The highest BCUT2D eigenvalue weighted by atomic mass is 16.6. The molecular weight excluding hydrogens is 250 g/mol. The fourth-order valence-corrected chi connectivity index (χ4v) is 2.53. The van der Waals surface area contributed by atoms with Gasteiger partial charge in [0, 0.05) is 13.1 Å². The van der Waals surface area contributed by atoms with Gasteiger partial charge >= 0.3 is 6.09 Å². The predicted molar refractivity (Wildman–Crippen MR) is 80.8 cm³/mol. The molecule has 3 heteroatoms. The van der Waals surface area contributed by atoms with E-state index in [1.54, 1.807) is 4.90 Å². The highest BCUT2D eigenvalue weighted by Crippen LogP contribution is 2.22. The number of aryl methyl sites for hydroxylation is 1. The number of hydrogen-bond acceptors (Lipinski definition) is 2. The Morgan fingerprint density at radius 3 is 2.70 bits per heavy atom. The number of amides is 1. The second-order valence-electron chi connectivity index (χ2n) is 6.50. The Morgan fingerprint density at radius 1 is 1.30 bits per heavy atom. The van der Waals surface area contributed by atoms with Crippen LogP contribution in [0.15, 0.2) is 18.2 Å². The van der Waals surface area contributed by atoms with Gasteiger partial charge in [0.05, 0.1) is 0 Å². The lowest BCUT2D eigenvalue weighted by Crippen LogP contribution is -2.39. The zero-order valence-electron chi connectivity index (χ0n) is 13.0. The molecule has 0 radical (unpaired) electrons. The van der Waals surface area contributed by atoms with Crippen molar-refractivity contribution in [2.75, 3.05) is 6.54 Å². The first-order chi connectivity index (χ1) is 9.39. The minimum atomic E-state index is -0.428. The molecule has 0 bridgehead atoms. The largest absolute Gasteiger partial charge is 0.444 e. The van der Waals surface area contributed by atoms with Gasteiger partial charge in [-0.25, -0.2) is 4.79 Å².